The number of rotatable bonds is 4. The number of fused-ring (bicyclic) bond motifs is 5. The van der Waals surface area contributed by atoms with Crippen molar-refractivity contribution in [3.05, 3.63) is 35.4 Å². The highest BCUT2D eigenvalue weighted by molar-refractivity contribution is 5.88. The first-order valence-corrected chi connectivity index (χ1v) is 9.02. The Morgan fingerprint density at radius 2 is 2.04 bits per heavy atom. The van der Waals surface area contributed by atoms with Gasteiger partial charge in [0.1, 0.15) is 12.4 Å². The Kier molecular flexibility index (Phi) is 3.95. The zero-order chi connectivity index (χ0) is 16.7. The summed E-state index contributed by atoms with van der Waals surface area (Å²) in [5, 5.41) is 8.83. The molecule has 3 aliphatic rings. The number of carboxylic acids is 1. The van der Waals surface area contributed by atoms with Crippen LogP contribution in [0.15, 0.2) is 24.3 Å². The molecule has 2 saturated carbocycles. The summed E-state index contributed by atoms with van der Waals surface area (Å²) in [6.45, 7) is -0.0215. The highest BCUT2D eigenvalue weighted by Gasteiger charge is 2.57. The minimum absolute atomic E-state index is 0.285. The van der Waals surface area contributed by atoms with Crippen molar-refractivity contribution in [2.24, 2.45) is 17.3 Å². The maximum atomic E-state index is 12.7. The van der Waals surface area contributed by atoms with Crippen LogP contribution < -0.4 is 0 Å². The van der Waals surface area contributed by atoms with E-state index < -0.39 is 11.4 Å². The van der Waals surface area contributed by atoms with Crippen LogP contribution in [-0.2, 0) is 20.7 Å². The largest absolute Gasteiger partial charge is 0.480 e. The Balaban J connectivity index is 1.60. The zero-order valence-electron chi connectivity index (χ0n) is 13.9. The summed E-state index contributed by atoms with van der Waals surface area (Å²) in [5.41, 5.74) is 2.52. The van der Waals surface area contributed by atoms with Gasteiger partial charge in [0, 0.05) is 6.42 Å². The van der Waals surface area contributed by atoms with Crippen molar-refractivity contribution < 1.29 is 19.4 Å². The summed E-state index contributed by atoms with van der Waals surface area (Å²) in [5.74, 6) is 0.779. The van der Waals surface area contributed by atoms with E-state index in [1.165, 1.54) is 11.1 Å². The molecule has 0 amide bonds. The molecule has 4 rings (SSSR count). The van der Waals surface area contributed by atoms with E-state index in [1.807, 2.05) is 0 Å². The van der Waals surface area contributed by atoms with Gasteiger partial charge >= 0.3 is 5.97 Å². The molecule has 4 atom stereocenters. The molecule has 0 spiro atoms. The number of aryl methyl sites for hydroxylation is 1. The molecule has 0 bridgehead atoms. The van der Waals surface area contributed by atoms with E-state index in [-0.39, 0.29) is 13.2 Å². The number of carbonyl (C=O) groups excluding carboxylic acids is 1. The molecule has 24 heavy (non-hydrogen) atoms. The highest BCUT2D eigenvalue weighted by Crippen LogP contribution is 2.59. The summed E-state index contributed by atoms with van der Waals surface area (Å²) in [4.78, 5) is 23.5. The number of Topliss-reactive ketones (excluding diaryl/α,β-unsaturated/α-hetero) is 1. The smallest absolute Gasteiger partial charge is 0.329 e. The Bertz CT molecular complexity index is 667. The molecular weight excluding hydrogens is 304 g/mol. The number of carboxylic acid groups (broad SMARTS) is 1. The van der Waals surface area contributed by atoms with Crippen molar-refractivity contribution in [2.45, 2.75) is 44.4 Å². The summed E-state index contributed by atoms with van der Waals surface area (Å²) in [6.07, 6.45) is 5.66. The molecule has 0 aromatic heterocycles. The first-order valence-electron chi connectivity index (χ1n) is 9.02. The Hall–Kier alpha value is -1.68. The molecule has 0 unspecified atom stereocenters. The van der Waals surface area contributed by atoms with Gasteiger partial charge in [-0.3, -0.25) is 4.79 Å². The second-order valence-corrected chi connectivity index (χ2v) is 7.66. The average Bonchev–Trinajstić information content (AvgIpc) is 2.91. The van der Waals surface area contributed by atoms with Crippen molar-refractivity contribution in [3.8, 4) is 0 Å². The third-order valence-electron chi connectivity index (χ3n) is 6.67. The van der Waals surface area contributed by atoms with Gasteiger partial charge in [-0.2, -0.15) is 0 Å². The number of ketones is 1. The van der Waals surface area contributed by atoms with Crippen LogP contribution in [0.3, 0.4) is 0 Å². The lowest BCUT2D eigenvalue weighted by molar-refractivity contribution is -0.149. The molecule has 0 radical (unpaired) electrons. The van der Waals surface area contributed by atoms with Gasteiger partial charge in [0.2, 0.25) is 0 Å². The minimum Gasteiger partial charge on any atom is -0.480 e. The van der Waals surface area contributed by atoms with Crippen molar-refractivity contribution in [1.82, 2.24) is 0 Å². The molecule has 1 aromatic carbocycles. The third-order valence-corrected chi connectivity index (χ3v) is 6.67. The number of ether oxygens (including phenoxy) is 1. The second-order valence-electron chi connectivity index (χ2n) is 7.66. The van der Waals surface area contributed by atoms with Gasteiger partial charge in [0.15, 0.2) is 0 Å². The lowest BCUT2D eigenvalue weighted by Gasteiger charge is -2.49. The standard InChI is InChI=1S/C20H24O4/c21-18-8-7-17-16-6-5-13-3-1-2-4-14(13)15(16)9-10-20(17,18)12-24-11-19(22)23/h1-4,15-17H,5-12H2,(H,22,23)/t15-,16-,17+,20-/m1/s1. The molecule has 2 fully saturated rings. The first-order chi connectivity index (χ1) is 11.6. The number of carbonyl (C=O) groups is 2. The van der Waals surface area contributed by atoms with Gasteiger partial charge in [-0.25, -0.2) is 4.79 Å². The van der Waals surface area contributed by atoms with E-state index in [0.717, 1.165) is 32.1 Å². The summed E-state index contributed by atoms with van der Waals surface area (Å²) in [7, 11) is 0. The molecule has 0 aliphatic heterocycles. The second kappa shape index (κ2) is 5.99. The minimum atomic E-state index is -0.964. The van der Waals surface area contributed by atoms with Crippen molar-refractivity contribution in [3.63, 3.8) is 0 Å². The van der Waals surface area contributed by atoms with Crippen LogP contribution in [0.2, 0.25) is 0 Å². The van der Waals surface area contributed by atoms with Gasteiger partial charge in [0.25, 0.3) is 0 Å². The number of hydrogen-bond acceptors (Lipinski definition) is 3. The molecule has 4 nitrogen and oxygen atoms in total. The molecule has 128 valence electrons. The van der Waals surface area contributed by atoms with Gasteiger partial charge in [-0.1, -0.05) is 24.3 Å². The molecule has 4 heteroatoms. The molecule has 0 saturated heterocycles. The molecule has 3 aliphatic carbocycles. The van der Waals surface area contributed by atoms with Crippen molar-refractivity contribution in [2.75, 3.05) is 13.2 Å². The zero-order valence-corrected chi connectivity index (χ0v) is 13.9. The molecular formula is C20H24O4. The lowest BCUT2D eigenvalue weighted by atomic mass is 9.55. The van der Waals surface area contributed by atoms with E-state index in [2.05, 4.69) is 24.3 Å². The number of aliphatic carboxylic acids is 1. The lowest BCUT2D eigenvalue weighted by Crippen LogP contribution is -2.47. The predicted molar refractivity (Wildman–Crippen MR) is 88.8 cm³/mol. The number of hydrogen-bond donors (Lipinski definition) is 1. The fraction of sp³-hybridized carbons (Fsp3) is 0.600. The average molecular weight is 328 g/mol. The van der Waals surface area contributed by atoms with E-state index in [4.69, 9.17) is 9.84 Å². The molecule has 1 N–H and O–H groups in total. The first kappa shape index (κ1) is 15.8. The van der Waals surface area contributed by atoms with E-state index >= 15 is 0 Å². The SMILES string of the molecule is O=C(O)COC[C@]12CC[C@@H]3c4ccccc4CC[C@H]3[C@@H]1CCC2=O. The Morgan fingerprint density at radius 3 is 2.88 bits per heavy atom. The quantitative estimate of drug-likeness (QED) is 0.922. The van der Waals surface area contributed by atoms with Crippen LogP contribution in [0.25, 0.3) is 0 Å². The summed E-state index contributed by atoms with van der Waals surface area (Å²) in [6, 6.07) is 8.74. The Labute approximate surface area is 142 Å². The third kappa shape index (κ3) is 2.39. The van der Waals surface area contributed by atoms with Crippen molar-refractivity contribution >= 4 is 11.8 Å². The van der Waals surface area contributed by atoms with E-state index in [0.29, 0.717) is 30.0 Å². The molecule has 0 heterocycles. The van der Waals surface area contributed by atoms with Gasteiger partial charge < -0.3 is 9.84 Å². The topological polar surface area (TPSA) is 63.6 Å². The van der Waals surface area contributed by atoms with E-state index in [9.17, 15) is 9.59 Å². The fourth-order valence-corrected chi connectivity index (χ4v) is 5.69. The predicted octanol–water partition coefficient (Wildman–Crippen LogP) is 3.19. The van der Waals surface area contributed by atoms with Gasteiger partial charge in [0.05, 0.1) is 12.0 Å². The highest BCUT2D eigenvalue weighted by atomic mass is 16.5. The van der Waals surface area contributed by atoms with Crippen LogP contribution in [0, 0.1) is 17.3 Å². The Morgan fingerprint density at radius 1 is 1.21 bits per heavy atom. The van der Waals surface area contributed by atoms with Crippen LogP contribution in [0.4, 0.5) is 0 Å². The van der Waals surface area contributed by atoms with Crippen molar-refractivity contribution in [1.29, 1.82) is 0 Å². The van der Waals surface area contributed by atoms with Gasteiger partial charge in [-0.05, 0) is 61.0 Å². The van der Waals surface area contributed by atoms with Crippen LogP contribution in [0.5, 0.6) is 0 Å². The maximum absolute atomic E-state index is 12.7. The van der Waals surface area contributed by atoms with E-state index in [1.54, 1.807) is 0 Å². The molecule has 1 aromatic rings. The van der Waals surface area contributed by atoms with Crippen LogP contribution >= 0.6 is 0 Å². The fourth-order valence-electron chi connectivity index (χ4n) is 5.69. The summed E-state index contributed by atoms with van der Waals surface area (Å²) >= 11 is 0. The summed E-state index contributed by atoms with van der Waals surface area (Å²) < 4.78 is 5.44. The maximum Gasteiger partial charge on any atom is 0.329 e. The van der Waals surface area contributed by atoms with Crippen LogP contribution in [0.1, 0.15) is 49.1 Å². The monoisotopic (exact) mass is 328 g/mol. The van der Waals surface area contributed by atoms with Crippen LogP contribution in [-0.4, -0.2) is 30.1 Å². The van der Waals surface area contributed by atoms with Gasteiger partial charge in [-0.15, -0.1) is 0 Å². The normalized spacial score (nSPS) is 34.3. The number of benzene rings is 1.